The fourth-order valence-electron chi connectivity index (χ4n) is 1.80. The van der Waals surface area contributed by atoms with Gasteiger partial charge in [-0.05, 0) is 18.2 Å². The van der Waals surface area contributed by atoms with E-state index in [0.29, 0.717) is 30.9 Å². The number of hydrogen-bond donors (Lipinski definition) is 0. The van der Waals surface area contributed by atoms with E-state index in [4.69, 9.17) is 9.47 Å². The summed E-state index contributed by atoms with van der Waals surface area (Å²) in [7, 11) is 6.24. The van der Waals surface area contributed by atoms with Crippen LogP contribution in [0, 0.1) is 0 Å². The summed E-state index contributed by atoms with van der Waals surface area (Å²) < 4.78 is 11.7. The highest BCUT2D eigenvalue weighted by molar-refractivity contribution is 5.96. The van der Waals surface area contributed by atoms with E-state index in [9.17, 15) is 4.79 Å². The van der Waals surface area contributed by atoms with Gasteiger partial charge in [-0.25, -0.2) is 0 Å². The van der Waals surface area contributed by atoms with Crippen molar-refractivity contribution >= 4 is 5.78 Å². The maximum atomic E-state index is 12.1. The first-order valence-electron chi connectivity index (χ1n) is 6.19. The topological polar surface area (TPSA) is 35.5 Å². The number of carbonyl (C=O) groups excluding carboxylic acids is 1. The third-order valence-corrected chi connectivity index (χ3v) is 2.87. The molecular weight excluding hydrogens is 230 g/mol. The number of benzene rings is 1. The number of ether oxygens (including phenoxy) is 2. The van der Waals surface area contributed by atoms with Crippen molar-refractivity contribution in [1.82, 2.24) is 0 Å². The molecule has 0 fully saturated rings. The predicted molar refractivity (Wildman–Crippen MR) is 69.3 cm³/mol. The van der Waals surface area contributed by atoms with E-state index in [2.05, 4.69) is 21.1 Å². The van der Waals surface area contributed by atoms with Crippen LogP contribution in [0.4, 0.5) is 0 Å². The fourth-order valence-corrected chi connectivity index (χ4v) is 1.80. The Kier molecular flexibility index (Phi) is 3.57. The van der Waals surface area contributed by atoms with E-state index in [1.165, 1.54) is 0 Å². The van der Waals surface area contributed by atoms with Crippen LogP contribution in [0.25, 0.3) is 0 Å². The number of fused-ring (bicyclic) bond motifs is 1. The zero-order valence-corrected chi connectivity index (χ0v) is 11.2. The normalized spacial score (nSPS) is 14.4. The molecule has 2 rings (SSSR count). The van der Waals surface area contributed by atoms with Crippen molar-refractivity contribution < 1.29 is 18.8 Å². The first-order chi connectivity index (χ1) is 8.46. The predicted octanol–water partition coefficient (Wildman–Crippen LogP) is 1.74. The molecule has 0 unspecified atom stereocenters. The second-order valence-electron chi connectivity index (χ2n) is 5.55. The second-order valence-corrected chi connectivity index (χ2v) is 5.55. The van der Waals surface area contributed by atoms with Crippen LogP contribution in [0.2, 0.25) is 0 Å². The molecule has 0 bridgehead atoms. The number of quaternary nitrogens is 1. The van der Waals surface area contributed by atoms with Gasteiger partial charge in [0.15, 0.2) is 17.3 Å². The van der Waals surface area contributed by atoms with Crippen LogP contribution >= 0.6 is 0 Å². The van der Waals surface area contributed by atoms with E-state index in [-0.39, 0.29) is 5.78 Å². The molecule has 1 aliphatic heterocycles. The average molecular weight is 250 g/mol. The van der Waals surface area contributed by atoms with Crippen molar-refractivity contribution in [1.29, 1.82) is 0 Å². The van der Waals surface area contributed by atoms with Crippen LogP contribution < -0.4 is 9.47 Å². The Morgan fingerprint density at radius 2 is 1.83 bits per heavy atom. The number of ketones is 1. The van der Waals surface area contributed by atoms with Gasteiger partial charge in [-0.2, -0.15) is 0 Å². The highest BCUT2D eigenvalue weighted by Gasteiger charge is 2.17. The number of carbonyl (C=O) groups is 1. The van der Waals surface area contributed by atoms with E-state index < -0.39 is 0 Å². The number of hydrogen-bond acceptors (Lipinski definition) is 3. The van der Waals surface area contributed by atoms with Crippen molar-refractivity contribution in [3.05, 3.63) is 23.8 Å². The summed E-state index contributed by atoms with van der Waals surface area (Å²) in [5.74, 6) is 1.56. The molecular formula is C14H20NO3+. The van der Waals surface area contributed by atoms with Crippen molar-refractivity contribution in [3.63, 3.8) is 0 Å². The van der Waals surface area contributed by atoms with Crippen LogP contribution in [0.1, 0.15) is 16.8 Å². The number of rotatable bonds is 4. The number of nitrogens with zero attached hydrogens (tertiary/aromatic N) is 1. The van der Waals surface area contributed by atoms with E-state index in [1.54, 1.807) is 6.07 Å². The van der Waals surface area contributed by atoms with Crippen LogP contribution in [-0.2, 0) is 0 Å². The minimum atomic E-state index is 0.153. The van der Waals surface area contributed by atoms with Gasteiger partial charge in [0.05, 0.1) is 34.1 Å². The lowest BCUT2D eigenvalue weighted by atomic mass is 10.1. The largest absolute Gasteiger partial charge is 0.486 e. The van der Waals surface area contributed by atoms with Gasteiger partial charge < -0.3 is 14.0 Å². The molecule has 1 aromatic carbocycles. The van der Waals surface area contributed by atoms with Gasteiger partial charge in [-0.1, -0.05) is 0 Å². The lowest BCUT2D eigenvalue weighted by molar-refractivity contribution is -0.869. The molecule has 1 aromatic rings. The summed E-state index contributed by atoms with van der Waals surface area (Å²) in [4.78, 5) is 12.1. The first kappa shape index (κ1) is 12.9. The molecule has 0 aliphatic carbocycles. The smallest absolute Gasteiger partial charge is 0.168 e. The molecule has 0 radical (unpaired) electrons. The van der Waals surface area contributed by atoms with Crippen molar-refractivity contribution in [2.45, 2.75) is 6.42 Å². The molecule has 4 heteroatoms. The summed E-state index contributed by atoms with van der Waals surface area (Å²) in [6.45, 7) is 1.94. The molecule has 0 saturated heterocycles. The van der Waals surface area contributed by atoms with E-state index >= 15 is 0 Å². The molecule has 0 atom stereocenters. The Morgan fingerprint density at radius 1 is 1.17 bits per heavy atom. The highest BCUT2D eigenvalue weighted by atomic mass is 16.6. The summed E-state index contributed by atoms with van der Waals surface area (Å²) >= 11 is 0. The SMILES string of the molecule is C[N+](C)(C)CCC(=O)c1ccc2c(c1)OCCO2. The monoisotopic (exact) mass is 250 g/mol. The van der Waals surface area contributed by atoms with Gasteiger partial charge in [0, 0.05) is 5.56 Å². The summed E-state index contributed by atoms with van der Waals surface area (Å²) in [6.07, 6.45) is 0.545. The summed E-state index contributed by atoms with van der Waals surface area (Å²) in [6, 6.07) is 5.41. The van der Waals surface area contributed by atoms with Crippen LogP contribution in [0.5, 0.6) is 11.5 Å². The van der Waals surface area contributed by atoms with Crippen LogP contribution in [0.3, 0.4) is 0 Å². The van der Waals surface area contributed by atoms with Crippen molar-refractivity contribution in [2.24, 2.45) is 0 Å². The summed E-state index contributed by atoms with van der Waals surface area (Å²) in [5, 5.41) is 0. The molecule has 1 aliphatic rings. The molecule has 0 aromatic heterocycles. The van der Waals surface area contributed by atoms with E-state index in [0.717, 1.165) is 16.8 Å². The lowest BCUT2D eigenvalue weighted by Gasteiger charge is -2.23. The van der Waals surface area contributed by atoms with Gasteiger partial charge >= 0.3 is 0 Å². The molecule has 0 spiro atoms. The Bertz CT molecular complexity index is 449. The molecule has 4 nitrogen and oxygen atoms in total. The minimum absolute atomic E-state index is 0.153. The number of Topliss-reactive ketones (excluding diaryl/α,β-unsaturated/α-hetero) is 1. The molecule has 98 valence electrons. The molecule has 1 heterocycles. The van der Waals surface area contributed by atoms with Gasteiger partial charge in [0.1, 0.15) is 13.2 Å². The molecule has 0 N–H and O–H groups in total. The fraction of sp³-hybridized carbons (Fsp3) is 0.500. The molecule has 0 saturated carbocycles. The molecule has 18 heavy (non-hydrogen) atoms. The third kappa shape index (κ3) is 3.23. The first-order valence-corrected chi connectivity index (χ1v) is 6.19. The Balaban J connectivity index is 2.07. The Morgan fingerprint density at radius 3 is 2.50 bits per heavy atom. The van der Waals surface area contributed by atoms with Gasteiger partial charge in [0.2, 0.25) is 0 Å². The lowest BCUT2D eigenvalue weighted by Crippen LogP contribution is -2.36. The van der Waals surface area contributed by atoms with Gasteiger partial charge in [-0.15, -0.1) is 0 Å². The third-order valence-electron chi connectivity index (χ3n) is 2.87. The van der Waals surface area contributed by atoms with Crippen molar-refractivity contribution in [3.8, 4) is 11.5 Å². The quantitative estimate of drug-likeness (QED) is 0.603. The van der Waals surface area contributed by atoms with Gasteiger partial charge in [-0.3, -0.25) is 4.79 Å². The standard InChI is InChI=1S/C14H20NO3/c1-15(2,3)7-6-12(16)11-4-5-13-14(10-11)18-9-8-17-13/h4-5,10H,6-9H2,1-3H3/q+1. The average Bonchev–Trinajstić information content (AvgIpc) is 2.34. The van der Waals surface area contributed by atoms with Crippen LogP contribution in [-0.4, -0.2) is 51.2 Å². The minimum Gasteiger partial charge on any atom is -0.486 e. The Labute approximate surface area is 108 Å². The maximum absolute atomic E-state index is 12.1. The summed E-state index contributed by atoms with van der Waals surface area (Å²) in [5.41, 5.74) is 0.702. The Hall–Kier alpha value is -1.55. The highest BCUT2D eigenvalue weighted by Crippen LogP contribution is 2.31. The zero-order chi connectivity index (χ0) is 13.2. The van der Waals surface area contributed by atoms with Crippen LogP contribution in [0.15, 0.2) is 18.2 Å². The second kappa shape index (κ2) is 4.98. The van der Waals surface area contributed by atoms with Gasteiger partial charge in [0.25, 0.3) is 0 Å². The van der Waals surface area contributed by atoms with E-state index in [1.807, 2.05) is 12.1 Å². The van der Waals surface area contributed by atoms with Crippen molar-refractivity contribution in [2.75, 3.05) is 40.9 Å². The molecule has 0 amide bonds. The zero-order valence-electron chi connectivity index (χ0n) is 11.2. The maximum Gasteiger partial charge on any atom is 0.168 e.